The van der Waals surface area contributed by atoms with Gasteiger partial charge in [0.1, 0.15) is 5.75 Å². The van der Waals surface area contributed by atoms with Crippen molar-refractivity contribution >= 4 is 11.8 Å². The lowest BCUT2D eigenvalue weighted by Gasteiger charge is -2.07. The highest BCUT2D eigenvalue weighted by Crippen LogP contribution is 2.31. The van der Waals surface area contributed by atoms with Crippen molar-refractivity contribution in [1.82, 2.24) is 20.3 Å². The number of benzene rings is 2. The predicted molar refractivity (Wildman–Crippen MR) is 112 cm³/mol. The van der Waals surface area contributed by atoms with E-state index in [-0.39, 0.29) is 6.61 Å². The van der Waals surface area contributed by atoms with Gasteiger partial charge >= 0.3 is 0 Å². The van der Waals surface area contributed by atoms with Crippen LogP contribution in [0.2, 0.25) is 0 Å². The third-order valence-corrected chi connectivity index (χ3v) is 5.03. The molecule has 160 valence electrons. The van der Waals surface area contributed by atoms with Gasteiger partial charge in [0.25, 0.3) is 11.1 Å². The van der Waals surface area contributed by atoms with Crippen LogP contribution in [0.4, 0.5) is 0 Å². The molecular formula is C21H20N4O5S. The number of nitrogens with zero attached hydrogens (tertiary/aromatic N) is 4. The molecule has 0 radical (unpaired) electrons. The van der Waals surface area contributed by atoms with Crippen LogP contribution in [0.3, 0.4) is 0 Å². The largest absolute Gasteiger partial charge is 0.493 e. The van der Waals surface area contributed by atoms with Gasteiger partial charge in [-0.3, -0.25) is 0 Å². The first-order valence-electron chi connectivity index (χ1n) is 9.34. The highest BCUT2D eigenvalue weighted by atomic mass is 32.2. The molecule has 0 amide bonds. The normalized spacial score (nSPS) is 10.8. The Bertz CT molecular complexity index is 1160. The smallest absolute Gasteiger partial charge is 0.277 e. The highest BCUT2D eigenvalue weighted by molar-refractivity contribution is 7.98. The maximum absolute atomic E-state index is 5.67. The van der Waals surface area contributed by atoms with Crippen LogP contribution in [0, 0.1) is 6.92 Å². The van der Waals surface area contributed by atoms with Gasteiger partial charge in [0.2, 0.25) is 11.7 Å². The van der Waals surface area contributed by atoms with E-state index in [2.05, 4.69) is 20.3 Å². The molecule has 0 aliphatic carbocycles. The molecule has 2 heterocycles. The summed E-state index contributed by atoms with van der Waals surface area (Å²) in [6.45, 7) is 2.20. The Morgan fingerprint density at radius 3 is 2.65 bits per heavy atom. The van der Waals surface area contributed by atoms with Crippen LogP contribution < -0.4 is 14.2 Å². The molecule has 0 aliphatic heterocycles. The number of rotatable bonds is 9. The number of thioether (sulfide) groups is 1. The molecule has 0 aliphatic rings. The van der Waals surface area contributed by atoms with Crippen molar-refractivity contribution in [3.8, 4) is 28.6 Å². The molecule has 2 aromatic carbocycles. The summed E-state index contributed by atoms with van der Waals surface area (Å²) in [5.41, 5.74) is 1.87. The van der Waals surface area contributed by atoms with Crippen molar-refractivity contribution < 1.29 is 23.2 Å². The van der Waals surface area contributed by atoms with Gasteiger partial charge in [0, 0.05) is 5.56 Å². The van der Waals surface area contributed by atoms with Gasteiger partial charge in [0.05, 0.1) is 20.0 Å². The molecule has 0 spiro atoms. The lowest BCUT2D eigenvalue weighted by molar-refractivity contribution is 0.252. The van der Waals surface area contributed by atoms with Crippen LogP contribution >= 0.6 is 11.8 Å². The molecule has 0 N–H and O–H groups in total. The highest BCUT2D eigenvalue weighted by Gasteiger charge is 2.14. The van der Waals surface area contributed by atoms with E-state index < -0.39 is 0 Å². The number of ether oxygens (including phenoxy) is 3. The number of aryl methyl sites for hydroxylation is 1. The Kier molecular flexibility index (Phi) is 6.37. The number of methoxy groups -OCH3 is 2. The average Bonchev–Trinajstić information content (AvgIpc) is 3.45. The number of hydrogen-bond acceptors (Lipinski definition) is 10. The van der Waals surface area contributed by atoms with Crippen LogP contribution in [0.15, 0.2) is 56.6 Å². The third kappa shape index (κ3) is 5.15. The summed E-state index contributed by atoms with van der Waals surface area (Å²) >= 11 is 1.30. The Morgan fingerprint density at radius 1 is 0.968 bits per heavy atom. The van der Waals surface area contributed by atoms with Crippen LogP contribution in [0.1, 0.15) is 17.3 Å². The predicted octanol–water partition coefficient (Wildman–Crippen LogP) is 4.32. The lowest BCUT2D eigenvalue weighted by Crippen LogP contribution is -1.95. The molecule has 9 nitrogen and oxygen atoms in total. The zero-order valence-electron chi connectivity index (χ0n) is 17.2. The van der Waals surface area contributed by atoms with Gasteiger partial charge in [-0.25, -0.2) is 0 Å². The Morgan fingerprint density at radius 2 is 1.84 bits per heavy atom. The first-order valence-corrected chi connectivity index (χ1v) is 10.3. The van der Waals surface area contributed by atoms with E-state index in [1.54, 1.807) is 26.4 Å². The van der Waals surface area contributed by atoms with E-state index in [4.69, 9.17) is 23.2 Å². The summed E-state index contributed by atoms with van der Waals surface area (Å²) in [4.78, 5) is 4.41. The zero-order chi connectivity index (χ0) is 21.6. The van der Waals surface area contributed by atoms with Crippen molar-refractivity contribution in [3.05, 3.63) is 59.8 Å². The van der Waals surface area contributed by atoms with E-state index in [1.807, 2.05) is 37.3 Å². The topological polar surface area (TPSA) is 106 Å². The zero-order valence-corrected chi connectivity index (χ0v) is 18.0. The van der Waals surface area contributed by atoms with E-state index in [0.29, 0.717) is 40.1 Å². The molecule has 31 heavy (non-hydrogen) atoms. The van der Waals surface area contributed by atoms with Gasteiger partial charge in [0.15, 0.2) is 18.1 Å². The lowest BCUT2D eigenvalue weighted by atomic mass is 10.2. The van der Waals surface area contributed by atoms with Gasteiger partial charge < -0.3 is 23.2 Å². The summed E-state index contributed by atoms with van der Waals surface area (Å²) in [6.07, 6.45) is 0. The quantitative estimate of drug-likeness (QED) is 0.349. The summed E-state index contributed by atoms with van der Waals surface area (Å²) in [5.74, 6) is 3.64. The van der Waals surface area contributed by atoms with Crippen LogP contribution in [-0.4, -0.2) is 34.6 Å². The van der Waals surface area contributed by atoms with Gasteiger partial charge in [-0.1, -0.05) is 29.1 Å². The molecular weight excluding hydrogens is 420 g/mol. The Balaban J connectivity index is 1.34. The number of aromatic nitrogens is 4. The second-order valence-corrected chi connectivity index (χ2v) is 7.36. The van der Waals surface area contributed by atoms with Gasteiger partial charge in [-0.05, 0) is 42.8 Å². The monoisotopic (exact) mass is 440 g/mol. The fourth-order valence-corrected chi connectivity index (χ4v) is 3.35. The molecule has 0 bridgehead atoms. The van der Waals surface area contributed by atoms with E-state index in [0.717, 1.165) is 16.9 Å². The van der Waals surface area contributed by atoms with Gasteiger partial charge in [-0.15, -0.1) is 10.2 Å². The van der Waals surface area contributed by atoms with Crippen molar-refractivity contribution in [2.75, 3.05) is 14.2 Å². The second kappa shape index (κ2) is 9.52. The summed E-state index contributed by atoms with van der Waals surface area (Å²) in [6, 6.07) is 13.2. The molecule has 4 rings (SSSR count). The maximum Gasteiger partial charge on any atom is 0.277 e. The molecule has 0 saturated heterocycles. The van der Waals surface area contributed by atoms with Crippen molar-refractivity contribution in [3.63, 3.8) is 0 Å². The van der Waals surface area contributed by atoms with Gasteiger partial charge in [-0.2, -0.15) is 4.98 Å². The molecule has 0 unspecified atom stereocenters. The number of hydrogen-bond donors (Lipinski definition) is 0. The van der Waals surface area contributed by atoms with Crippen LogP contribution in [0.5, 0.6) is 17.2 Å². The summed E-state index contributed by atoms with van der Waals surface area (Å²) < 4.78 is 27.2. The standard InChI is InChI=1S/C21H20N4O5S/c1-13-5-4-6-15(9-13)28-11-18-23-24-21(29-18)31-12-19-22-20(25-30-19)14-7-8-16(26-2)17(10-14)27-3/h4-10H,11-12H2,1-3H3. The fraction of sp³-hybridized carbons (Fsp3) is 0.238. The first-order chi connectivity index (χ1) is 15.1. The third-order valence-electron chi connectivity index (χ3n) is 4.23. The van der Waals surface area contributed by atoms with E-state index in [9.17, 15) is 0 Å². The van der Waals surface area contributed by atoms with Crippen LogP contribution in [0.25, 0.3) is 11.4 Å². The minimum atomic E-state index is 0.195. The maximum atomic E-state index is 5.67. The molecule has 4 aromatic rings. The van der Waals surface area contributed by atoms with Crippen molar-refractivity contribution in [2.24, 2.45) is 0 Å². The van der Waals surface area contributed by atoms with E-state index >= 15 is 0 Å². The fourth-order valence-electron chi connectivity index (χ4n) is 2.73. The average molecular weight is 440 g/mol. The van der Waals surface area contributed by atoms with E-state index in [1.165, 1.54) is 11.8 Å². The van der Waals surface area contributed by atoms with Crippen molar-refractivity contribution in [2.45, 2.75) is 24.5 Å². The first kappa shape index (κ1) is 20.7. The van der Waals surface area contributed by atoms with Crippen molar-refractivity contribution in [1.29, 1.82) is 0 Å². The minimum absolute atomic E-state index is 0.195. The summed E-state index contributed by atoms with van der Waals surface area (Å²) in [7, 11) is 3.16. The summed E-state index contributed by atoms with van der Waals surface area (Å²) in [5, 5.41) is 12.4. The van der Waals surface area contributed by atoms with Crippen LogP contribution in [-0.2, 0) is 12.4 Å². The molecule has 2 aromatic heterocycles. The second-order valence-electron chi connectivity index (χ2n) is 6.44. The Hall–Kier alpha value is -3.53. The SMILES string of the molecule is COc1ccc(-c2noc(CSc3nnc(COc4cccc(C)c4)o3)n2)cc1OC. The minimum Gasteiger partial charge on any atom is -0.493 e. The molecule has 0 fully saturated rings. The Labute approximate surface area is 182 Å². The molecule has 10 heteroatoms. The molecule has 0 saturated carbocycles. The molecule has 0 atom stereocenters.